The summed E-state index contributed by atoms with van der Waals surface area (Å²) in [6, 6.07) is 8.14. The summed E-state index contributed by atoms with van der Waals surface area (Å²) < 4.78 is 12.8. The molecule has 1 unspecified atom stereocenters. The lowest BCUT2D eigenvalue weighted by molar-refractivity contribution is 0.475. The summed E-state index contributed by atoms with van der Waals surface area (Å²) in [5.41, 5.74) is 2.64. The van der Waals surface area contributed by atoms with Crippen LogP contribution in [0.4, 0.5) is 10.1 Å². The van der Waals surface area contributed by atoms with E-state index in [1.165, 1.54) is 12.3 Å². The zero-order valence-corrected chi connectivity index (χ0v) is 10.3. The van der Waals surface area contributed by atoms with E-state index >= 15 is 0 Å². The number of hydrogen-bond donors (Lipinski definition) is 2. The molecule has 2 rings (SSSR count). The highest BCUT2D eigenvalue weighted by atomic mass is 19.1. The van der Waals surface area contributed by atoms with Crippen LogP contribution in [-0.4, -0.2) is 10.1 Å². The molecule has 1 heterocycles. The Morgan fingerprint density at radius 1 is 1.28 bits per heavy atom. The van der Waals surface area contributed by atoms with Crippen molar-refractivity contribution in [3.05, 3.63) is 53.6 Å². The summed E-state index contributed by atoms with van der Waals surface area (Å²) >= 11 is 0. The monoisotopic (exact) mass is 246 g/mol. The quantitative estimate of drug-likeness (QED) is 0.816. The van der Waals surface area contributed by atoms with Crippen LogP contribution in [0.1, 0.15) is 24.2 Å². The molecule has 2 aromatic rings. The molecule has 4 heteroatoms. The number of aromatic nitrogens is 1. The van der Waals surface area contributed by atoms with E-state index in [1.54, 1.807) is 18.2 Å². The Morgan fingerprint density at radius 3 is 2.67 bits per heavy atom. The van der Waals surface area contributed by atoms with Gasteiger partial charge in [-0.05, 0) is 49.7 Å². The zero-order chi connectivity index (χ0) is 13.1. The number of aromatic hydroxyl groups is 1. The summed E-state index contributed by atoms with van der Waals surface area (Å²) in [5.74, 6) is -0.0997. The number of halogens is 1. The maximum absolute atomic E-state index is 12.8. The number of phenols is 1. The van der Waals surface area contributed by atoms with Gasteiger partial charge in [-0.3, -0.25) is 4.98 Å². The van der Waals surface area contributed by atoms with E-state index in [0.29, 0.717) is 0 Å². The first kappa shape index (κ1) is 12.4. The van der Waals surface area contributed by atoms with Gasteiger partial charge in [-0.15, -0.1) is 0 Å². The number of aryl methyl sites for hydroxylation is 1. The van der Waals surface area contributed by atoms with Gasteiger partial charge in [0.15, 0.2) is 0 Å². The minimum atomic E-state index is -0.341. The third-order valence-electron chi connectivity index (χ3n) is 2.78. The lowest BCUT2D eigenvalue weighted by atomic mass is 10.1. The summed E-state index contributed by atoms with van der Waals surface area (Å²) in [7, 11) is 0. The molecule has 18 heavy (non-hydrogen) atoms. The largest absolute Gasteiger partial charge is 0.508 e. The van der Waals surface area contributed by atoms with Crippen LogP contribution in [0.3, 0.4) is 0 Å². The number of hydrogen-bond acceptors (Lipinski definition) is 3. The fourth-order valence-electron chi connectivity index (χ4n) is 1.76. The Labute approximate surface area is 105 Å². The lowest BCUT2D eigenvalue weighted by Gasteiger charge is -2.16. The van der Waals surface area contributed by atoms with Crippen molar-refractivity contribution >= 4 is 5.69 Å². The molecule has 1 aromatic heterocycles. The van der Waals surface area contributed by atoms with Crippen LogP contribution >= 0.6 is 0 Å². The third kappa shape index (κ3) is 2.77. The van der Waals surface area contributed by atoms with Crippen molar-refractivity contribution < 1.29 is 9.50 Å². The zero-order valence-electron chi connectivity index (χ0n) is 10.3. The average molecular weight is 246 g/mol. The van der Waals surface area contributed by atoms with Crippen LogP contribution in [0.2, 0.25) is 0 Å². The van der Waals surface area contributed by atoms with E-state index in [-0.39, 0.29) is 17.6 Å². The van der Waals surface area contributed by atoms with E-state index in [2.05, 4.69) is 10.3 Å². The van der Waals surface area contributed by atoms with Gasteiger partial charge >= 0.3 is 0 Å². The molecule has 0 amide bonds. The predicted molar refractivity (Wildman–Crippen MR) is 69.1 cm³/mol. The molecular formula is C14H15FN2O. The highest BCUT2D eigenvalue weighted by Gasteiger charge is 2.08. The first-order valence-electron chi connectivity index (χ1n) is 5.74. The topological polar surface area (TPSA) is 45.1 Å². The summed E-state index contributed by atoms with van der Waals surface area (Å²) in [4.78, 5) is 4.03. The minimum Gasteiger partial charge on any atom is -0.508 e. The number of benzene rings is 1. The van der Waals surface area contributed by atoms with Gasteiger partial charge < -0.3 is 10.4 Å². The molecule has 0 bridgehead atoms. The van der Waals surface area contributed by atoms with Crippen molar-refractivity contribution in [1.29, 1.82) is 0 Å². The van der Waals surface area contributed by atoms with E-state index in [1.807, 2.05) is 19.9 Å². The summed E-state index contributed by atoms with van der Waals surface area (Å²) in [6.45, 7) is 3.86. The maximum atomic E-state index is 12.8. The van der Waals surface area contributed by atoms with Gasteiger partial charge in [0.2, 0.25) is 0 Å². The van der Waals surface area contributed by atoms with E-state index < -0.39 is 0 Å². The summed E-state index contributed by atoms with van der Waals surface area (Å²) in [6.07, 6.45) is 1.21. The Hall–Kier alpha value is -2.10. The number of nitrogens with one attached hydrogen (secondary N) is 1. The molecule has 0 radical (unpaired) electrons. The number of phenolic OH excluding ortho intramolecular Hbond substituents is 1. The van der Waals surface area contributed by atoms with E-state index in [0.717, 1.165) is 16.9 Å². The molecule has 0 aliphatic carbocycles. The van der Waals surface area contributed by atoms with Crippen molar-refractivity contribution in [1.82, 2.24) is 4.98 Å². The minimum absolute atomic E-state index is 0.0335. The smallest absolute Gasteiger partial charge is 0.141 e. The Balaban J connectivity index is 2.15. The van der Waals surface area contributed by atoms with Crippen molar-refractivity contribution in [3.8, 4) is 5.75 Å². The number of nitrogens with zero attached hydrogens (tertiary/aromatic N) is 1. The molecule has 2 N–H and O–H groups in total. The van der Waals surface area contributed by atoms with E-state index in [4.69, 9.17) is 0 Å². The van der Waals surface area contributed by atoms with Gasteiger partial charge in [-0.1, -0.05) is 0 Å². The van der Waals surface area contributed by atoms with Gasteiger partial charge in [-0.2, -0.15) is 0 Å². The molecule has 0 saturated carbocycles. The molecule has 1 aromatic carbocycles. The standard InChI is InChI=1S/C14H15FN2O/c1-9-7-12(18)4-6-13(9)17-10(2)14-5-3-11(15)8-16-14/h3-8,10,17-18H,1-2H3. The van der Waals surface area contributed by atoms with Crippen LogP contribution in [0.15, 0.2) is 36.5 Å². The molecule has 0 saturated heterocycles. The van der Waals surface area contributed by atoms with Gasteiger partial charge in [-0.25, -0.2) is 4.39 Å². The Kier molecular flexibility index (Phi) is 3.46. The fraction of sp³-hybridized carbons (Fsp3) is 0.214. The Morgan fingerprint density at radius 2 is 2.06 bits per heavy atom. The molecule has 0 aliphatic rings. The molecule has 1 atom stereocenters. The molecular weight excluding hydrogens is 231 g/mol. The number of anilines is 1. The first-order valence-corrected chi connectivity index (χ1v) is 5.74. The van der Waals surface area contributed by atoms with Crippen molar-refractivity contribution in [2.45, 2.75) is 19.9 Å². The van der Waals surface area contributed by atoms with Crippen molar-refractivity contribution in [2.75, 3.05) is 5.32 Å². The van der Waals surface area contributed by atoms with Gasteiger partial charge in [0.05, 0.1) is 17.9 Å². The molecule has 94 valence electrons. The highest BCUT2D eigenvalue weighted by molar-refractivity contribution is 5.54. The lowest BCUT2D eigenvalue weighted by Crippen LogP contribution is -2.09. The van der Waals surface area contributed by atoms with E-state index in [9.17, 15) is 9.50 Å². The number of pyridine rings is 1. The number of rotatable bonds is 3. The normalized spacial score (nSPS) is 12.2. The van der Waals surface area contributed by atoms with Crippen LogP contribution in [0, 0.1) is 12.7 Å². The van der Waals surface area contributed by atoms with Crippen molar-refractivity contribution in [2.24, 2.45) is 0 Å². The van der Waals surface area contributed by atoms with Crippen molar-refractivity contribution in [3.63, 3.8) is 0 Å². The van der Waals surface area contributed by atoms with Gasteiger partial charge in [0.25, 0.3) is 0 Å². The second-order valence-electron chi connectivity index (χ2n) is 4.27. The first-order chi connectivity index (χ1) is 8.56. The van der Waals surface area contributed by atoms with Gasteiger partial charge in [0.1, 0.15) is 11.6 Å². The highest BCUT2D eigenvalue weighted by Crippen LogP contribution is 2.24. The fourth-order valence-corrected chi connectivity index (χ4v) is 1.76. The molecule has 0 aliphatic heterocycles. The molecule has 0 spiro atoms. The van der Waals surface area contributed by atoms with Crippen LogP contribution in [-0.2, 0) is 0 Å². The molecule has 0 fully saturated rings. The summed E-state index contributed by atoms with van der Waals surface area (Å²) in [5, 5.41) is 12.6. The Bertz CT molecular complexity index is 540. The predicted octanol–water partition coefficient (Wildman–Crippen LogP) is 3.41. The van der Waals surface area contributed by atoms with Crippen LogP contribution in [0.5, 0.6) is 5.75 Å². The second kappa shape index (κ2) is 5.04. The molecule has 3 nitrogen and oxygen atoms in total. The van der Waals surface area contributed by atoms with Crippen LogP contribution in [0.25, 0.3) is 0 Å². The second-order valence-corrected chi connectivity index (χ2v) is 4.27. The maximum Gasteiger partial charge on any atom is 0.141 e. The average Bonchev–Trinajstić information content (AvgIpc) is 2.33. The van der Waals surface area contributed by atoms with Gasteiger partial charge in [0, 0.05) is 5.69 Å². The SMILES string of the molecule is Cc1cc(O)ccc1NC(C)c1ccc(F)cn1. The third-order valence-corrected chi connectivity index (χ3v) is 2.78. The van der Waals surface area contributed by atoms with Crippen LogP contribution < -0.4 is 5.32 Å².